The molecular weight excluding hydrogens is 314 g/mol. The van der Waals surface area contributed by atoms with Crippen LogP contribution in [0.15, 0.2) is 33.4 Å². The molecule has 100 valence electrons. The van der Waals surface area contributed by atoms with Crippen LogP contribution in [0.2, 0.25) is 0 Å². The van der Waals surface area contributed by atoms with Crippen molar-refractivity contribution in [1.29, 1.82) is 0 Å². The number of carbonyl (C=O) groups is 1. The first-order chi connectivity index (χ1) is 9.10. The number of halogens is 1. The van der Waals surface area contributed by atoms with Gasteiger partial charge in [0.1, 0.15) is 12.0 Å². The highest BCUT2D eigenvalue weighted by Gasteiger charge is 2.15. The quantitative estimate of drug-likeness (QED) is 0.802. The van der Waals surface area contributed by atoms with E-state index in [4.69, 9.17) is 13.9 Å². The average molecular weight is 326 g/mol. The number of nitrogens with zero attached hydrogens (tertiary/aromatic N) is 1. The van der Waals surface area contributed by atoms with Crippen molar-refractivity contribution in [2.24, 2.45) is 0 Å². The lowest BCUT2D eigenvalue weighted by Gasteiger charge is -2.04. The highest BCUT2D eigenvalue weighted by Crippen LogP contribution is 2.27. The summed E-state index contributed by atoms with van der Waals surface area (Å²) < 4.78 is 16.3. The Labute approximate surface area is 118 Å². The lowest BCUT2D eigenvalue weighted by Crippen LogP contribution is -2.04. The first-order valence-corrected chi connectivity index (χ1v) is 6.46. The van der Waals surface area contributed by atoms with E-state index in [1.165, 1.54) is 6.26 Å². The Morgan fingerprint density at radius 1 is 1.47 bits per heavy atom. The van der Waals surface area contributed by atoms with Crippen LogP contribution in [-0.2, 0) is 4.74 Å². The zero-order valence-corrected chi connectivity index (χ0v) is 12.1. The van der Waals surface area contributed by atoms with Crippen LogP contribution in [0.5, 0.6) is 11.8 Å². The molecule has 0 spiro atoms. The van der Waals surface area contributed by atoms with Crippen molar-refractivity contribution >= 4 is 21.9 Å². The molecule has 0 radical (unpaired) electrons. The summed E-state index contributed by atoms with van der Waals surface area (Å²) in [6, 6.07) is 5.60. The van der Waals surface area contributed by atoms with Crippen LogP contribution in [0.1, 0.15) is 23.0 Å². The van der Waals surface area contributed by atoms with Gasteiger partial charge < -0.3 is 13.9 Å². The number of hydrogen-bond acceptors (Lipinski definition) is 5. The van der Waals surface area contributed by atoms with Crippen LogP contribution in [0.4, 0.5) is 0 Å². The largest absolute Gasteiger partial charge is 0.461 e. The summed E-state index contributed by atoms with van der Waals surface area (Å²) in [6.07, 6.45) is 1.21. The average Bonchev–Trinajstić information content (AvgIpc) is 2.83. The van der Waals surface area contributed by atoms with E-state index in [9.17, 15) is 4.79 Å². The van der Waals surface area contributed by atoms with Crippen molar-refractivity contribution in [3.05, 3.63) is 40.2 Å². The second kappa shape index (κ2) is 5.88. The van der Waals surface area contributed by atoms with Gasteiger partial charge in [-0.2, -0.15) is 4.98 Å². The molecule has 0 aliphatic carbocycles. The number of aromatic nitrogens is 1. The number of oxazole rings is 1. The van der Waals surface area contributed by atoms with Crippen LogP contribution in [0, 0.1) is 6.92 Å². The van der Waals surface area contributed by atoms with Crippen LogP contribution in [-0.4, -0.2) is 17.6 Å². The number of benzene rings is 1. The normalized spacial score (nSPS) is 10.3. The van der Waals surface area contributed by atoms with Gasteiger partial charge in [0.05, 0.1) is 6.61 Å². The Kier molecular flexibility index (Phi) is 4.21. The Hall–Kier alpha value is -1.82. The minimum atomic E-state index is -0.535. The highest BCUT2D eigenvalue weighted by atomic mass is 79.9. The number of aryl methyl sites for hydroxylation is 1. The zero-order chi connectivity index (χ0) is 13.8. The Bertz CT molecular complexity index is 594. The molecule has 0 aliphatic rings. The third kappa shape index (κ3) is 3.35. The number of ether oxygens (including phenoxy) is 2. The van der Waals surface area contributed by atoms with Crippen LogP contribution >= 0.6 is 15.9 Å². The van der Waals surface area contributed by atoms with E-state index in [0.717, 1.165) is 10.0 Å². The van der Waals surface area contributed by atoms with E-state index in [-0.39, 0.29) is 18.4 Å². The fourth-order valence-electron chi connectivity index (χ4n) is 1.38. The zero-order valence-electron chi connectivity index (χ0n) is 10.5. The third-order valence-electron chi connectivity index (χ3n) is 2.32. The van der Waals surface area contributed by atoms with Crippen molar-refractivity contribution in [1.82, 2.24) is 4.98 Å². The summed E-state index contributed by atoms with van der Waals surface area (Å²) >= 11 is 3.35. The topological polar surface area (TPSA) is 61.6 Å². The minimum absolute atomic E-state index is 0.00394. The van der Waals surface area contributed by atoms with E-state index in [1.807, 2.05) is 19.1 Å². The molecule has 0 aliphatic heterocycles. The van der Waals surface area contributed by atoms with Gasteiger partial charge in [-0.1, -0.05) is 22.0 Å². The fourth-order valence-corrected chi connectivity index (χ4v) is 1.72. The Balaban J connectivity index is 2.15. The van der Waals surface area contributed by atoms with Crippen molar-refractivity contribution in [3.63, 3.8) is 0 Å². The Morgan fingerprint density at radius 2 is 2.26 bits per heavy atom. The van der Waals surface area contributed by atoms with Crippen LogP contribution < -0.4 is 4.74 Å². The summed E-state index contributed by atoms with van der Waals surface area (Å²) in [5.74, 6) is 0.0682. The summed E-state index contributed by atoms with van der Waals surface area (Å²) in [7, 11) is 0. The van der Waals surface area contributed by atoms with Gasteiger partial charge in [0.25, 0.3) is 0 Å². The van der Waals surface area contributed by atoms with Gasteiger partial charge in [-0.25, -0.2) is 4.79 Å². The highest BCUT2D eigenvalue weighted by molar-refractivity contribution is 9.10. The second-order valence-electron chi connectivity index (χ2n) is 3.73. The summed E-state index contributed by atoms with van der Waals surface area (Å²) in [6.45, 7) is 3.91. The Morgan fingerprint density at radius 3 is 3.00 bits per heavy atom. The number of hydrogen-bond donors (Lipinski definition) is 0. The standard InChI is InChI=1S/C13H12BrNO4/c1-3-17-12(16)10-7-18-13(15-10)19-11-6-9(14)5-4-8(11)2/h4-7H,3H2,1-2H3. The molecule has 2 rings (SSSR count). The smallest absolute Gasteiger partial charge is 0.399 e. The van der Waals surface area contributed by atoms with Gasteiger partial charge in [-0.15, -0.1) is 0 Å². The van der Waals surface area contributed by atoms with Gasteiger partial charge in [0.15, 0.2) is 5.69 Å². The summed E-state index contributed by atoms with van der Waals surface area (Å²) in [5.41, 5.74) is 1.02. The van der Waals surface area contributed by atoms with Crippen LogP contribution in [0.3, 0.4) is 0 Å². The monoisotopic (exact) mass is 325 g/mol. The lowest BCUT2D eigenvalue weighted by molar-refractivity contribution is 0.0519. The molecule has 0 amide bonds. The van der Waals surface area contributed by atoms with E-state index >= 15 is 0 Å². The minimum Gasteiger partial charge on any atom is -0.461 e. The van der Waals surface area contributed by atoms with Crippen molar-refractivity contribution < 1.29 is 18.7 Å². The number of carbonyl (C=O) groups excluding carboxylic acids is 1. The van der Waals surface area contributed by atoms with Gasteiger partial charge in [-0.05, 0) is 31.5 Å². The predicted octanol–water partition coefficient (Wildman–Crippen LogP) is 3.71. The molecule has 1 aromatic carbocycles. The van der Waals surface area contributed by atoms with Gasteiger partial charge in [-0.3, -0.25) is 0 Å². The summed E-state index contributed by atoms with van der Waals surface area (Å²) in [5, 5.41) is 0. The van der Waals surface area contributed by atoms with E-state index in [0.29, 0.717) is 5.75 Å². The molecule has 0 saturated heterocycles. The molecule has 1 heterocycles. The molecule has 19 heavy (non-hydrogen) atoms. The maximum atomic E-state index is 11.4. The van der Waals surface area contributed by atoms with E-state index in [2.05, 4.69) is 20.9 Å². The van der Waals surface area contributed by atoms with Crippen LogP contribution in [0.25, 0.3) is 0 Å². The third-order valence-corrected chi connectivity index (χ3v) is 2.81. The molecule has 5 nitrogen and oxygen atoms in total. The first kappa shape index (κ1) is 13.6. The van der Waals surface area contributed by atoms with Gasteiger partial charge >= 0.3 is 12.0 Å². The SMILES string of the molecule is CCOC(=O)c1coc(Oc2cc(Br)ccc2C)n1. The molecule has 2 aromatic rings. The van der Waals surface area contributed by atoms with Crippen molar-refractivity contribution in [2.45, 2.75) is 13.8 Å². The van der Waals surface area contributed by atoms with E-state index < -0.39 is 5.97 Å². The maximum Gasteiger partial charge on any atom is 0.399 e. The molecule has 1 aromatic heterocycles. The number of esters is 1. The number of rotatable bonds is 4. The molecule has 6 heteroatoms. The fraction of sp³-hybridized carbons (Fsp3) is 0.231. The summed E-state index contributed by atoms with van der Waals surface area (Å²) in [4.78, 5) is 15.3. The first-order valence-electron chi connectivity index (χ1n) is 5.67. The lowest BCUT2D eigenvalue weighted by atomic mass is 10.2. The molecule has 0 atom stereocenters. The molecule has 0 N–H and O–H groups in total. The van der Waals surface area contributed by atoms with Crippen molar-refractivity contribution in [2.75, 3.05) is 6.61 Å². The predicted molar refractivity (Wildman–Crippen MR) is 71.4 cm³/mol. The van der Waals surface area contributed by atoms with Crippen molar-refractivity contribution in [3.8, 4) is 11.8 Å². The molecule has 0 saturated carbocycles. The van der Waals surface area contributed by atoms with Gasteiger partial charge in [0.2, 0.25) is 0 Å². The van der Waals surface area contributed by atoms with Gasteiger partial charge in [0, 0.05) is 4.47 Å². The second-order valence-corrected chi connectivity index (χ2v) is 4.65. The molecule has 0 fully saturated rings. The molecule has 0 unspecified atom stereocenters. The van der Waals surface area contributed by atoms with E-state index in [1.54, 1.807) is 13.0 Å². The maximum absolute atomic E-state index is 11.4. The molecule has 0 bridgehead atoms. The molecular formula is C13H12BrNO4.